The molecule has 1 aromatic carbocycles. The van der Waals surface area contributed by atoms with E-state index in [9.17, 15) is 4.79 Å². The summed E-state index contributed by atoms with van der Waals surface area (Å²) >= 11 is 0. The Morgan fingerprint density at radius 3 is 2.06 bits per heavy atom. The molecule has 1 amide bonds. The van der Waals surface area contributed by atoms with Crippen LogP contribution in [0.4, 0.5) is 5.69 Å². The highest BCUT2D eigenvalue weighted by Gasteiger charge is 2.27. The molecule has 2 aromatic rings. The van der Waals surface area contributed by atoms with Crippen LogP contribution in [0.25, 0.3) is 0 Å². The van der Waals surface area contributed by atoms with Crippen molar-refractivity contribution in [1.29, 1.82) is 0 Å². The van der Waals surface area contributed by atoms with E-state index < -0.39 is 0 Å². The van der Waals surface area contributed by atoms with Gasteiger partial charge in [0, 0.05) is 38.1 Å². The fraction of sp³-hybridized carbons (Fsp3) is 0.538. The molecule has 5 nitrogen and oxygen atoms in total. The van der Waals surface area contributed by atoms with Gasteiger partial charge < -0.3 is 14.5 Å². The summed E-state index contributed by atoms with van der Waals surface area (Å²) in [6, 6.07) is 10.6. The Balaban J connectivity index is 1.79. The van der Waals surface area contributed by atoms with Gasteiger partial charge in [0.2, 0.25) is 5.88 Å². The number of carbonyl (C=O) groups is 1. The van der Waals surface area contributed by atoms with Crippen molar-refractivity contribution in [3.05, 3.63) is 53.2 Å². The topological polar surface area (TPSA) is 45.7 Å². The van der Waals surface area contributed by atoms with Gasteiger partial charge in [0.05, 0.1) is 6.61 Å². The number of carbonyl (C=O) groups excluding carboxylic acids is 1. The molecule has 1 aromatic heterocycles. The first-order valence-electron chi connectivity index (χ1n) is 11.3. The molecule has 1 fully saturated rings. The van der Waals surface area contributed by atoms with Crippen LogP contribution in [0.1, 0.15) is 70.0 Å². The van der Waals surface area contributed by atoms with E-state index in [1.54, 1.807) is 18.3 Å². The normalized spacial score (nSPS) is 15.2. The second-order valence-electron chi connectivity index (χ2n) is 10.3. The van der Waals surface area contributed by atoms with Gasteiger partial charge in [-0.2, -0.15) is 0 Å². The van der Waals surface area contributed by atoms with Gasteiger partial charge in [-0.25, -0.2) is 4.98 Å². The fourth-order valence-corrected chi connectivity index (χ4v) is 3.80. The third kappa shape index (κ3) is 5.38. The van der Waals surface area contributed by atoms with Crippen LogP contribution in [0, 0.1) is 0 Å². The summed E-state index contributed by atoms with van der Waals surface area (Å²) in [4.78, 5) is 21.6. The van der Waals surface area contributed by atoms with Crippen molar-refractivity contribution in [2.75, 3.05) is 37.7 Å². The molecule has 2 heterocycles. The van der Waals surface area contributed by atoms with Crippen LogP contribution in [-0.4, -0.2) is 48.6 Å². The standard InChI is InChI=1S/C26H37N3O2/c1-8-31-23-22(10-9-11-27-23)24(30)29-14-12-28(13-15-29)21-17-19(25(2,3)4)16-20(18-21)26(5,6)7/h9-11,16-18H,8,12-15H2,1-7H3. The molecule has 0 atom stereocenters. The number of piperazine rings is 1. The van der Waals surface area contributed by atoms with Crippen molar-refractivity contribution < 1.29 is 9.53 Å². The first kappa shape index (κ1) is 23.1. The van der Waals surface area contributed by atoms with Crippen LogP contribution in [-0.2, 0) is 10.8 Å². The molecule has 0 spiro atoms. The van der Waals surface area contributed by atoms with Crippen LogP contribution in [0.3, 0.4) is 0 Å². The third-order valence-corrected chi connectivity index (χ3v) is 5.86. The van der Waals surface area contributed by atoms with Gasteiger partial charge in [-0.3, -0.25) is 4.79 Å². The first-order valence-corrected chi connectivity index (χ1v) is 11.3. The molecule has 0 radical (unpaired) electrons. The molecule has 3 rings (SSSR count). The summed E-state index contributed by atoms with van der Waals surface area (Å²) < 4.78 is 5.56. The molecule has 0 N–H and O–H groups in total. The molecule has 1 aliphatic heterocycles. The lowest BCUT2D eigenvalue weighted by molar-refractivity contribution is 0.0741. The van der Waals surface area contributed by atoms with E-state index >= 15 is 0 Å². The quantitative estimate of drug-likeness (QED) is 0.691. The summed E-state index contributed by atoms with van der Waals surface area (Å²) in [5.74, 6) is 0.417. The minimum atomic E-state index is -0.00461. The number of nitrogens with zero attached hydrogens (tertiary/aromatic N) is 3. The minimum absolute atomic E-state index is 0.00461. The summed E-state index contributed by atoms with van der Waals surface area (Å²) in [5, 5.41) is 0. The number of rotatable bonds is 4. The van der Waals surface area contributed by atoms with E-state index in [2.05, 4.69) is 69.6 Å². The zero-order valence-corrected chi connectivity index (χ0v) is 20.2. The molecule has 1 aliphatic rings. The maximum atomic E-state index is 13.1. The Morgan fingerprint density at radius 2 is 1.55 bits per heavy atom. The molecule has 5 heteroatoms. The molecule has 0 bridgehead atoms. The van der Waals surface area contributed by atoms with Crippen LogP contribution in [0.2, 0.25) is 0 Å². The van der Waals surface area contributed by atoms with Gasteiger partial charge >= 0.3 is 0 Å². The van der Waals surface area contributed by atoms with Gasteiger partial charge in [0.1, 0.15) is 5.56 Å². The summed E-state index contributed by atoms with van der Waals surface area (Å²) in [6.45, 7) is 19.0. The number of hydrogen-bond donors (Lipinski definition) is 0. The van der Waals surface area contributed by atoms with Gasteiger partial charge in [-0.1, -0.05) is 47.6 Å². The van der Waals surface area contributed by atoms with Gasteiger partial charge in [0.15, 0.2) is 0 Å². The molecule has 0 unspecified atom stereocenters. The Morgan fingerprint density at radius 1 is 0.968 bits per heavy atom. The van der Waals surface area contributed by atoms with Crippen molar-refractivity contribution in [2.24, 2.45) is 0 Å². The Labute approximate surface area is 187 Å². The summed E-state index contributed by atoms with van der Waals surface area (Å²) in [7, 11) is 0. The summed E-state index contributed by atoms with van der Waals surface area (Å²) in [6.07, 6.45) is 1.66. The van der Waals surface area contributed by atoms with E-state index in [1.807, 2.05) is 11.8 Å². The van der Waals surface area contributed by atoms with Crippen molar-refractivity contribution in [2.45, 2.75) is 59.3 Å². The average Bonchev–Trinajstić information content (AvgIpc) is 2.72. The Bertz CT molecular complexity index is 885. The number of hydrogen-bond acceptors (Lipinski definition) is 4. The zero-order chi connectivity index (χ0) is 22.8. The van der Waals surface area contributed by atoms with Crippen molar-refractivity contribution >= 4 is 11.6 Å². The lowest BCUT2D eigenvalue weighted by Gasteiger charge is -2.37. The third-order valence-electron chi connectivity index (χ3n) is 5.86. The lowest BCUT2D eigenvalue weighted by atomic mass is 9.80. The van der Waals surface area contributed by atoms with E-state index in [0.29, 0.717) is 31.1 Å². The van der Waals surface area contributed by atoms with E-state index in [1.165, 1.54) is 16.8 Å². The van der Waals surface area contributed by atoms with E-state index in [-0.39, 0.29) is 16.7 Å². The number of amides is 1. The van der Waals surface area contributed by atoms with E-state index in [0.717, 1.165) is 13.1 Å². The summed E-state index contributed by atoms with van der Waals surface area (Å²) in [5.41, 5.74) is 4.67. The SMILES string of the molecule is CCOc1ncccc1C(=O)N1CCN(c2cc(C(C)(C)C)cc(C(C)(C)C)c2)CC1. The number of pyridine rings is 1. The van der Waals surface area contributed by atoms with E-state index in [4.69, 9.17) is 4.74 Å². The first-order chi connectivity index (χ1) is 14.5. The van der Waals surface area contributed by atoms with Crippen LogP contribution >= 0.6 is 0 Å². The number of aromatic nitrogens is 1. The average molecular weight is 424 g/mol. The number of ether oxygens (including phenoxy) is 1. The Hall–Kier alpha value is -2.56. The molecular weight excluding hydrogens is 386 g/mol. The molecule has 31 heavy (non-hydrogen) atoms. The second-order valence-corrected chi connectivity index (χ2v) is 10.3. The highest BCUT2D eigenvalue weighted by Crippen LogP contribution is 2.33. The highest BCUT2D eigenvalue weighted by molar-refractivity contribution is 5.96. The van der Waals surface area contributed by atoms with Crippen LogP contribution in [0.15, 0.2) is 36.5 Å². The van der Waals surface area contributed by atoms with Gasteiger partial charge in [-0.05, 0) is 53.1 Å². The van der Waals surface area contributed by atoms with Crippen molar-refractivity contribution in [3.63, 3.8) is 0 Å². The second kappa shape index (κ2) is 8.89. The predicted molar refractivity (Wildman–Crippen MR) is 127 cm³/mol. The molecule has 168 valence electrons. The minimum Gasteiger partial charge on any atom is -0.477 e. The molecule has 0 aliphatic carbocycles. The van der Waals surface area contributed by atoms with Gasteiger partial charge in [-0.15, -0.1) is 0 Å². The van der Waals surface area contributed by atoms with Crippen molar-refractivity contribution in [1.82, 2.24) is 9.88 Å². The fourth-order valence-electron chi connectivity index (χ4n) is 3.80. The van der Waals surface area contributed by atoms with Crippen LogP contribution in [0.5, 0.6) is 5.88 Å². The molecule has 0 saturated carbocycles. The van der Waals surface area contributed by atoms with Gasteiger partial charge in [0.25, 0.3) is 5.91 Å². The van der Waals surface area contributed by atoms with Crippen molar-refractivity contribution in [3.8, 4) is 5.88 Å². The highest BCUT2D eigenvalue weighted by atomic mass is 16.5. The maximum absolute atomic E-state index is 13.1. The lowest BCUT2D eigenvalue weighted by Crippen LogP contribution is -2.49. The monoisotopic (exact) mass is 423 g/mol. The van der Waals surface area contributed by atoms with Crippen LogP contribution < -0.4 is 9.64 Å². The number of anilines is 1. The maximum Gasteiger partial charge on any atom is 0.259 e. The zero-order valence-electron chi connectivity index (χ0n) is 20.2. The Kier molecular flexibility index (Phi) is 6.63. The smallest absolute Gasteiger partial charge is 0.259 e. The molecular formula is C26H37N3O2. The largest absolute Gasteiger partial charge is 0.477 e. The number of benzene rings is 1. The predicted octanol–water partition coefficient (Wildman–Crippen LogP) is 5.04. The molecule has 1 saturated heterocycles.